The van der Waals surface area contributed by atoms with E-state index >= 15 is 0 Å². The Bertz CT molecular complexity index is 618. The van der Waals surface area contributed by atoms with Gasteiger partial charge in [0.1, 0.15) is 11.3 Å². The zero-order valence-corrected chi connectivity index (χ0v) is 8.39. The molecule has 1 N–H and O–H groups in total. The SMILES string of the molecule is COc1cc([N+](=O)[O-])c2[nH]ccc(=O)c2c1. The second-order valence-electron chi connectivity index (χ2n) is 3.17. The molecule has 2 aromatic rings. The number of hydrogen-bond acceptors (Lipinski definition) is 4. The van der Waals surface area contributed by atoms with Crippen LogP contribution in [0.25, 0.3) is 10.9 Å². The molecule has 0 radical (unpaired) electrons. The van der Waals surface area contributed by atoms with E-state index in [1.54, 1.807) is 0 Å². The summed E-state index contributed by atoms with van der Waals surface area (Å²) in [4.78, 5) is 24.5. The van der Waals surface area contributed by atoms with E-state index in [9.17, 15) is 14.9 Å². The van der Waals surface area contributed by atoms with Crippen LogP contribution in [0.3, 0.4) is 0 Å². The molecule has 0 aliphatic rings. The molecule has 0 amide bonds. The number of ether oxygens (including phenoxy) is 1. The van der Waals surface area contributed by atoms with Gasteiger partial charge in [0, 0.05) is 12.3 Å². The van der Waals surface area contributed by atoms with Gasteiger partial charge < -0.3 is 9.72 Å². The maximum absolute atomic E-state index is 11.5. The van der Waals surface area contributed by atoms with Gasteiger partial charge in [0.25, 0.3) is 5.69 Å². The number of fused-ring (bicyclic) bond motifs is 1. The van der Waals surface area contributed by atoms with E-state index in [-0.39, 0.29) is 27.8 Å². The van der Waals surface area contributed by atoms with Gasteiger partial charge in [0.05, 0.1) is 23.5 Å². The van der Waals surface area contributed by atoms with Crippen molar-refractivity contribution in [2.24, 2.45) is 0 Å². The van der Waals surface area contributed by atoms with E-state index in [4.69, 9.17) is 4.74 Å². The number of non-ortho nitro benzene ring substituents is 1. The second kappa shape index (κ2) is 3.65. The van der Waals surface area contributed by atoms with Gasteiger partial charge in [0.15, 0.2) is 5.43 Å². The highest BCUT2D eigenvalue weighted by molar-refractivity contribution is 5.88. The normalized spacial score (nSPS) is 10.3. The molecule has 6 nitrogen and oxygen atoms in total. The van der Waals surface area contributed by atoms with Crippen molar-refractivity contribution in [2.45, 2.75) is 0 Å². The van der Waals surface area contributed by atoms with Crippen LogP contribution in [-0.2, 0) is 0 Å². The summed E-state index contributed by atoms with van der Waals surface area (Å²) in [6.07, 6.45) is 1.38. The largest absolute Gasteiger partial charge is 0.496 e. The first kappa shape index (κ1) is 10.2. The lowest BCUT2D eigenvalue weighted by Crippen LogP contribution is -2.03. The number of nitro benzene ring substituents is 1. The predicted molar refractivity (Wildman–Crippen MR) is 57.8 cm³/mol. The monoisotopic (exact) mass is 220 g/mol. The predicted octanol–water partition coefficient (Wildman–Crippen LogP) is 1.44. The summed E-state index contributed by atoms with van der Waals surface area (Å²) < 4.78 is 4.91. The topological polar surface area (TPSA) is 85.2 Å². The van der Waals surface area contributed by atoms with Crippen molar-refractivity contribution in [3.8, 4) is 5.75 Å². The average Bonchev–Trinajstić information content (AvgIpc) is 2.28. The van der Waals surface area contributed by atoms with Crippen LogP contribution < -0.4 is 10.2 Å². The fraction of sp³-hybridized carbons (Fsp3) is 0.100. The molecule has 0 saturated heterocycles. The summed E-state index contributed by atoms with van der Waals surface area (Å²) in [6.45, 7) is 0. The first-order chi connectivity index (χ1) is 7.63. The molecule has 2 rings (SSSR count). The number of hydrogen-bond donors (Lipinski definition) is 1. The number of nitrogens with one attached hydrogen (secondary N) is 1. The summed E-state index contributed by atoms with van der Waals surface area (Å²) in [7, 11) is 1.39. The molecule has 0 aliphatic carbocycles. The van der Waals surface area contributed by atoms with Gasteiger partial charge in [-0.2, -0.15) is 0 Å². The van der Waals surface area contributed by atoms with E-state index in [1.807, 2.05) is 0 Å². The fourth-order valence-electron chi connectivity index (χ4n) is 1.50. The molecule has 0 fully saturated rings. The van der Waals surface area contributed by atoms with Crippen LogP contribution in [0.2, 0.25) is 0 Å². The Labute approximate surface area is 89.6 Å². The van der Waals surface area contributed by atoms with Crippen LogP contribution in [-0.4, -0.2) is 17.0 Å². The standard InChI is InChI=1S/C10H8N2O4/c1-16-6-4-7-9(13)2-3-11-10(7)8(5-6)12(14)15/h2-5H,1H3,(H,11,13). The molecule has 16 heavy (non-hydrogen) atoms. The lowest BCUT2D eigenvalue weighted by atomic mass is 10.2. The summed E-state index contributed by atoms with van der Waals surface area (Å²) in [5.41, 5.74) is -0.249. The summed E-state index contributed by atoms with van der Waals surface area (Å²) >= 11 is 0. The lowest BCUT2D eigenvalue weighted by molar-refractivity contribution is -0.383. The highest BCUT2D eigenvalue weighted by Crippen LogP contribution is 2.27. The Morgan fingerprint density at radius 3 is 2.81 bits per heavy atom. The molecule has 6 heteroatoms. The first-order valence-corrected chi connectivity index (χ1v) is 4.47. The lowest BCUT2D eigenvalue weighted by Gasteiger charge is -2.02. The first-order valence-electron chi connectivity index (χ1n) is 4.47. The highest BCUT2D eigenvalue weighted by atomic mass is 16.6. The van der Waals surface area contributed by atoms with E-state index in [1.165, 1.54) is 31.5 Å². The number of methoxy groups -OCH3 is 1. The van der Waals surface area contributed by atoms with E-state index < -0.39 is 4.92 Å². The van der Waals surface area contributed by atoms with Crippen molar-refractivity contribution in [3.05, 3.63) is 44.7 Å². The van der Waals surface area contributed by atoms with Crippen LogP contribution in [0.15, 0.2) is 29.2 Å². The Kier molecular flexibility index (Phi) is 2.32. The molecule has 0 spiro atoms. The molecule has 0 atom stereocenters. The van der Waals surface area contributed by atoms with Crippen molar-refractivity contribution in [1.82, 2.24) is 4.98 Å². The van der Waals surface area contributed by atoms with E-state index in [2.05, 4.69) is 4.98 Å². The van der Waals surface area contributed by atoms with Crippen LogP contribution in [0.5, 0.6) is 5.75 Å². The molecule has 0 aliphatic heterocycles. The van der Waals surface area contributed by atoms with Crippen LogP contribution >= 0.6 is 0 Å². The van der Waals surface area contributed by atoms with Crippen molar-refractivity contribution in [3.63, 3.8) is 0 Å². The minimum atomic E-state index is -0.555. The van der Waals surface area contributed by atoms with Crippen molar-refractivity contribution in [1.29, 1.82) is 0 Å². The fourth-order valence-corrected chi connectivity index (χ4v) is 1.50. The van der Waals surface area contributed by atoms with Gasteiger partial charge in [-0.1, -0.05) is 0 Å². The quantitative estimate of drug-likeness (QED) is 0.613. The summed E-state index contributed by atoms with van der Waals surface area (Å²) in [6, 6.07) is 4.06. The number of pyridine rings is 1. The Hall–Kier alpha value is -2.37. The van der Waals surface area contributed by atoms with Gasteiger partial charge in [-0.3, -0.25) is 14.9 Å². The third kappa shape index (κ3) is 1.50. The zero-order chi connectivity index (χ0) is 11.7. The molecule has 0 unspecified atom stereocenters. The number of benzene rings is 1. The summed E-state index contributed by atoms with van der Waals surface area (Å²) in [5, 5.41) is 11.1. The van der Waals surface area contributed by atoms with E-state index in [0.29, 0.717) is 0 Å². The number of nitrogens with zero attached hydrogens (tertiary/aromatic N) is 1. The van der Waals surface area contributed by atoms with Crippen molar-refractivity contribution < 1.29 is 9.66 Å². The number of aromatic nitrogens is 1. The Morgan fingerprint density at radius 2 is 2.19 bits per heavy atom. The van der Waals surface area contributed by atoms with Gasteiger partial charge in [0.2, 0.25) is 0 Å². The number of aromatic amines is 1. The van der Waals surface area contributed by atoms with Crippen LogP contribution in [0.4, 0.5) is 5.69 Å². The van der Waals surface area contributed by atoms with Crippen molar-refractivity contribution in [2.75, 3.05) is 7.11 Å². The Morgan fingerprint density at radius 1 is 1.44 bits per heavy atom. The highest BCUT2D eigenvalue weighted by Gasteiger charge is 2.15. The molecule has 82 valence electrons. The van der Waals surface area contributed by atoms with Crippen LogP contribution in [0.1, 0.15) is 0 Å². The maximum atomic E-state index is 11.5. The number of nitro groups is 1. The van der Waals surface area contributed by atoms with Crippen molar-refractivity contribution >= 4 is 16.6 Å². The third-order valence-corrected chi connectivity index (χ3v) is 2.25. The zero-order valence-electron chi connectivity index (χ0n) is 8.39. The maximum Gasteiger partial charge on any atom is 0.297 e. The third-order valence-electron chi connectivity index (χ3n) is 2.25. The molecular weight excluding hydrogens is 212 g/mol. The minimum Gasteiger partial charge on any atom is -0.496 e. The second-order valence-corrected chi connectivity index (χ2v) is 3.17. The van der Waals surface area contributed by atoms with E-state index in [0.717, 1.165) is 0 Å². The van der Waals surface area contributed by atoms with Gasteiger partial charge in [-0.05, 0) is 6.07 Å². The number of H-pyrrole nitrogens is 1. The molecule has 1 aromatic heterocycles. The summed E-state index contributed by atoms with van der Waals surface area (Å²) in [5.74, 6) is 0.288. The minimum absolute atomic E-state index is 0.174. The van der Waals surface area contributed by atoms with Gasteiger partial charge >= 0.3 is 0 Å². The average molecular weight is 220 g/mol. The number of rotatable bonds is 2. The van der Waals surface area contributed by atoms with Gasteiger partial charge in [-0.15, -0.1) is 0 Å². The molecule has 0 saturated carbocycles. The molecule has 1 aromatic carbocycles. The smallest absolute Gasteiger partial charge is 0.297 e. The van der Waals surface area contributed by atoms with Gasteiger partial charge in [-0.25, -0.2) is 0 Å². The Balaban J connectivity index is 2.93. The molecule has 1 heterocycles. The molecule has 0 bridgehead atoms. The molecular formula is C10H8N2O4. The van der Waals surface area contributed by atoms with Crippen LogP contribution in [0, 0.1) is 10.1 Å².